The average Bonchev–Trinajstić information content (AvgIpc) is 2.69. The molecule has 1 amide bonds. The van der Waals surface area contributed by atoms with E-state index in [4.69, 9.17) is 5.11 Å². The van der Waals surface area contributed by atoms with Crippen LogP contribution in [0.15, 0.2) is 12.1 Å². The number of carbonyl (C=O) groups is 2. The molecule has 166 valence electrons. The molecule has 14 heteroatoms. The standard InChI is InChI=1S/C17H7F8NO5/c1-30-14(15(27)28)26-6-2-4(5(18)3-7(6)31-17(24,25)16(26)29)8-9(19)11(21)13(23)12(22)10(8)20/h2-3,14H,1H3,(H,27,28)/t14-/m1/s1. The van der Waals surface area contributed by atoms with Crippen molar-refractivity contribution in [3.05, 3.63) is 47.0 Å². The topological polar surface area (TPSA) is 76.1 Å². The van der Waals surface area contributed by atoms with Gasteiger partial charge in [-0.25, -0.2) is 31.1 Å². The molecule has 1 aliphatic rings. The number of methoxy groups -OCH3 is 1. The monoisotopic (exact) mass is 457 g/mol. The minimum absolute atomic E-state index is 0.0602. The predicted molar refractivity (Wildman–Crippen MR) is 83.1 cm³/mol. The Balaban J connectivity index is 2.35. The number of nitrogens with zero attached hydrogens (tertiary/aromatic N) is 1. The highest BCUT2D eigenvalue weighted by Gasteiger charge is 2.54. The number of benzene rings is 2. The number of amides is 1. The zero-order valence-corrected chi connectivity index (χ0v) is 14.8. The van der Waals surface area contributed by atoms with Gasteiger partial charge in [0.05, 0.1) is 11.3 Å². The fourth-order valence-electron chi connectivity index (χ4n) is 2.83. The number of anilines is 1. The lowest BCUT2D eigenvalue weighted by Crippen LogP contribution is -2.57. The summed E-state index contributed by atoms with van der Waals surface area (Å²) in [6.07, 6.45) is -7.15. The zero-order chi connectivity index (χ0) is 23.4. The SMILES string of the molecule is CO[C@H](C(=O)O)N1C(=O)C(F)(F)Oc2cc(F)c(-c3c(F)c(F)c(F)c(F)c3F)cc21. The third-order valence-corrected chi connectivity index (χ3v) is 4.16. The Morgan fingerprint density at radius 3 is 2.03 bits per heavy atom. The van der Waals surface area contributed by atoms with Gasteiger partial charge in [-0.15, -0.1) is 0 Å². The number of halogens is 8. The number of fused-ring (bicyclic) bond motifs is 1. The van der Waals surface area contributed by atoms with E-state index < -0.39 is 81.7 Å². The van der Waals surface area contributed by atoms with Gasteiger partial charge in [-0.3, -0.25) is 9.69 Å². The Morgan fingerprint density at radius 2 is 1.55 bits per heavy atom. The third kappa shape index (κ3) is 3.32. The highest BCUT2D eigenvalue weighted by molar-refractivity contribution is 6.05. The number of rotatable bonds is 4. The molecule has 2 aromatic rings. The molecule has 1 aliphatic heterocycles. The summed E-state index contributed by atoms with van der Waals surface area (Å²) >= 11 is 0. The molecular formula is C17H7F8NO5. The van der Waals surface area contributed by atoms with Gasteiger partial charge in [0.2, 0.25) is 12.0 Å². The van der Waals surface area contributed by atoms with Crippen molar-refractivity contribution in [3.63, 3.8) is 0 Å². The van der Waals surface area contributed by atoms with Gasteiger partial charge in [0, 0.05) is 18.7 Å². The Labute approximate surface area is 166 Å². The summed E-state index contributed by atoms with van der Waals surface area (Å²) in [5, 5.41) is 9.13. The first kappa shape index (κ1) is 22.3. The van der Waals surface area contributed by atoms with Crippen molar-refractivity contribution in [2.45, 2.75) is 12.3 Å². The lowest BCUT2D eigenvalue weighted by atomic mass is 10.0. The van der Waals surface area contributed by atoms with E-state index in [2.05, 4.69) is 9.47 Å². The van der Waals surface area contributed by atoms with E-state index in [1.165, 1.54) is 0 Å². The molecule has 6 nitrogen and oxygen atoms in total. The van der Waals surface area contributed by atoms with Crippen LogP contribution < -0.4 is 9.64 Å². The van der Waals surface area contributed by atoms with Crippen LogP contribution in [0.4, 0.5) is 40.8 Å². The Hall–Kier alpha value is -3.42. The number of carboxylic acid groups (broad SMARTS) is 1. The molecule has 0 saturated heterocycles. The van der Waals surface area contributed by atoms with Crippen LogP contribution in [0.1, 0.15) is 0 Å². The van der Waals surface area contributed by atoms with Crippen molar-refractivity contribution in [2.24, 2.45) is 0 Å². The number of ether oxygens (including phenoxy) is 2. The van der Waals surface area contributed by atoms with E-state index in [0.717, 1.165) is 0 Å². The summed E-state index contributed by atoms with van der Waals surface area (Å²) in [4.78, 5) is 23.1. The van der Waals surface area contributed by atoms with Crippen LogP contribution >= 0.6 is 0 Å². The van der Waals surface area contributed by atoms with E-state index in [-0.39, 0.29) is 17.0 Å². The first-order chi connectivity index (χ1) is 14.3. The Kier molecular flexibility index (Phi) is 5.29. The molecule has 0 radical (unpaired) electrons. The van der Waals surface area contributed by atoms with E-state index in [1.807, 2.05) is 0 Å². The van der Waals surface area contributed by atoms with Gasteiger partial charge >= 0.3 is 18.0 Å². The lowest BCUT2D eigenvalue weighted by Gasteiger charge is -2.36. The van der Waals surface area contributed by atoms with Crippen LogP contribution in [0.25, 0.3) is 11.1 Å². The van der Waals surface area contributed by atoms with Gasteiger partial charge < -0.3 is 14.6 Å². The lowest BCUT2D eigenvalue weighted by molar-refractivity contribution is -0.196. The molecule has 0 bridgehead atoms. The summed E-state index contributed by atoms with van der Waals surface area (Å²) in [5.74, 6) is -19.6. The molecule has 0 spiro atoms. The molecule has 0 fully saturated rings. The number of carbonyl (C=O) groups excluding carboxylic acids is 1. The second kappa shape index (κ2) is 7.37. The number of carboxylic acids is 1. The minimum atomic E-state index is -4.70. The Morgan fingerprint density at radius 1 is 1.03 bits per heavy atom. The summed E-state index contributed by atoms with van der Waals surface area (Å²) < 4.78 is 119. The van der Waals surface area contributed by atoms with Gasteiger partial charge in [-0.2, -0.15) is 8.78 Å². The van der Waals surface area contributed by atoms with Crippen molar-refractivity contribution >= 4 is 17.6 Å². The molecule has 0 saturated carbocycles. The van der Waals surface area contributed by atoms with Gasteiger partial charge in [0.15, 0.2) is 29.0 Å². The van der Waals surface area contributed by atoms with E-state index in [1.54, 1.807) is 0 Å². The van der Waals surface area contributed by atoms with Crippen LogP contribution in [0, 0.1) is 34.9 Å². The molecule has 1 N–H and O–H groups in total. The predicted octanol–water partition coefficient (Wildman–Crippen LogP) is 3.56. The molecule has 1 atom stereocenters. The Bertz CT molecular complexity index is 1090. The summed E-state index contributed by atoms with van der Waals surface area (Å²) in [7, 11) is 0.702. The summed E-state index contributed by atoms with van der Waals surface area (Å²) in [5.41, 5.74) is -4.14. The van der Waals surface area contributed by atoms with Crippen molar-refractivity contribution in [3.8, 4) is 16.9 Å². The van der Waals surface area contributed by atoms with E-state index >= 15 is 0 Å². The van der Waals surface area contributed by atoms with E-state index in [0.29, 0.717) is 7.11 Å². The van der Waals surface area contributed by atoms with Crippen LogP contribution in [-0.4, -0.2) is 36.4 Å². The van der Waals surface area contributed by atoms with Crippen molar-refractivity contribution in [1.82, 2.24) is 0 Å². The van der Waals surface area contributed by atoms with Crippen LogP contribution in [0.5, 0.6) is 5.75 Å². The first-order valence-electron chi connectivity index (χ1n) is 7.84. The number of hydrogen-bond acceptors (Lipinski definition) is 4. The number of hydrogen-bond donors (Lipinski definition) is 1. The largest absolute Gasteiger partial charge is 0.483 e. The van der Waals surface area contributed by atoms with Crippen molar-refractivity contribution in [2.75, 3.05) is 12.0 Å². The molecule has 2 aromatic carbocycles. The molecule has 3 rings (SSSR count). The third-order valence-electron chi connectivity index (χ3n) is 4.16. The van der Waals surface area contributed by atoms with Gasteiger partial charge in [-0.1, -0.05) is 0 Å². The van der Waals surface area contributed by atoms with E-state index in [9.17, 15) is 44.7 Å². The van der Waals surface area contributed by atoms with Gasteiger partial charge in [0.1, 0.15) is 5.82 Å². The minimum Gasteiger partial charge on any atom is -0.478 e. The van der Waals surface area contributed by atoms with Crippen LogP contribution in [-0.2, 0) is 14.3 Å². The normalized spacial score (nSPS) is 16.0. The number of alkyl halides is 2. The molecule has 1 heterocycles. The summed E-state index contributed by atoms with van der Waals surface area (Å²) in [6.45, 7) is 0. The summed E-state index contributed by atoms with van der Waals surface area (Å²) in [6, 6.07) is 0.273. The number of aliphatic carboxylic acids is 1. The fraction of sp³-hybridized carbons (Fsp3) is 0.176. The second-order valence-corrected chi connectivity index (χ2v) is 5.96. The maximum absolute atomic E-state index is 14.5. The van der Waals surface area contributed by atoms with Gasteiger partial charge in [0.25, 0.3) is 0 Å². The molecule has 0 aliphatic carbocycles. The highest BCUT2D eigenvalue weighted by atomic mass is 19.3. The highest BCUT2D eigenvalue weighted by Crippen LogP contribution is 2.45. The molecular weight excluding hydrogens is 450 g/mol. The maximum atomic E-state index is 14.5. The average molecular weight is 457 g/mol. The quantitative estimate of drug-likeness (QED) is 0.432. The van der Waals surface area contributed by atoms with Crippen LogP contribution in [0.2, 0.25) is 0 Å². The first-order valence-corrected chi connectivity index (χ1v) is 7.84. The fourth-order valence-corrected chi connectivity index (χ4v) is 2.83. The second-order valence-electron chi connectivity index (χ2n) is 5.96. The van der Waals surface area contributed by atoms with Crippen molar-refractivity contribution < 1.29 is 59.3 Å². The van der Waals surface area contributed by atoms with Gasteiger partial charge in [-0.05, 0) is 6.07 Å². The molecule has 0 unspecified atom stereocenters. The smallest absolute Gasteiger partial charge is 0.478 e. The molecule has 31 heavy (non-hydrogen) atoms. The van der Waals surface area contributed by atoms with Crippen molar-refractivity contribution in [1.29, 1.82) is 0 Å². The van der Waals surface area contributed by atoms with Crippen LogP contribution in [0.3, 0.4) is 0 Å². The maximum Gasteiger partial charge on any atom is 0.483 e. The zero-order valence-electron chi connectivity index (χ0n) is 14.8. The molecule has 0 aromatic heterocycles.